The van der Waals surface area contributed by atoms with Crippen molar-refractivity contribution in [1.29, 1.82) is 0 Å². The zero-order valence-electron chi connectivity index (χ0n) is 16.6. The zero-order chi connectivity index (χ0) is 20.3. The van der Waals surface area contributed by atoms with Gasteiger partial charge in [0.1, 0.15) is 5.75 Å². The summed E-state index contributed by atoms with van der Waals surface area (Å²) in [6.07, 6.45) is 7.65. The van der Waals surface area contributed by atoms with Gasteiger partial charge in [-0.2, -0.15) is 0 Å². The molecule has 2 aromatic heterocycles. The average molecular weight is 394 g/mol. The Hall–Kier alpha value is -3.22. The molecule has 0 aliphatic heterocycles. The first-order chi connectivity index (χ1) is 14.2. The van der Waals surface area contributed by atoms with Crippen LogP contribution < -0.4 is 10.1 Å². The third-order valence-corrected chi connectivity index (χ3v) is 4.55. The first kappa shape index (κ1) is 20.5. The molecule has 1 aromatic carbocycles. The van der Waals surface area contributed by atoms with Gasteiger partial charge in [0.05, 0.1) is 7.11 Å². The number of nitrogens with zero attached hydrogens (tertiary/aromatic N) is 3. The smallest absolute Gasteiger partial charge is 0.220 e. The summed E-state index contributed by atoms with van der Waals surface area (Å²) in [5.41, 5.74) is 2.35. The molecule has 3 aromatic rings. The van der Waals surface area contributed by atoms with Gasteiger partial charge >= 0.3 is 0 Å². The third-order valence-electron chi connectivity index (χ3n) is 4.55. The molecule has 29 heavy (non-hydrogen) atoms. The van der Waals surface area contributed by atoms with E-state index in [0.717, 1.165) is 25.0 Å². The average Bonchev–Trinajstić information content (AvgIpc) is 3.23. The minimum atomic E-state index is -0.00540. The van der Waals surface area contributed by atoms with E-state index in [2.05, 4.69) is 20.5 Å². The van der Waals surface area contributed by atoms with Gasteiger partial charge in [-0.25, -0.2) is 0 Å². The number of hydrogen-bond acceptors (Lipinski definition) is 6. The molecule has 0 saturated carbocycles. The summed E-state index contributed by atoms with van der Waals surface area (Å²) < 4.78 is 10.8. The van der Waals surface area contributed by atoms with Gasteiger partial charge in [0.15, 0.2) is 0 Å². The SMILES string of the molecule is COc1ccc(CCc2nnc(CCC(=O)NCCCc3cccnc3)o2)cc1. The normalized spacial score (nSPS) is 10.7. The number of benzene rings is 1. The molecule has 7 heteroatoms. The summed E-state index contributed by atoms with van der Waals surface area (Å²) in [5.74, 6) is 1.92. The fourth-order valence-corrected chi connectivity index (χ4v) is 2.91. The molecule has 0 fully saturated rings. The van der Waals surface area contributed by atoms with Gasteiger partial charge in [0.25, 0.3) is 0 Å². The fraction of sp³-hybridized carbons (Fsp3) is 0.364. The number of methoxy groups -OCH3 is 1. The van der Waals surface area contributed by atoms with Crippen molar-refractivity contribution in [1.82, 2.24) is 20.5 Å². The zero-order valence-corrected chi connectivity index (χ0v) is 16.6. The van der Waals surface area contributed by atoms with Crippen LogP contribution in [0.1, 0.15) is 35.7 Å². The Morgan fingerprint density at radius 3 is 2.52 bits per heavy atom. The number of aryl methyl sites for hydroxylation is 4. The highest BCUT2D eigenvalue weighted by Crippen LogP contribution is 2.13. The van der Waals surface area contributed by atoms with Gasteiger partial charge in [-0.15, -0.1) is 10.2 Å². The summed E-state index contributed by atoms with van der Waals surface area (Å²) >= 11 is 0. The van der Waals surface area contributed by atoms with Crippen LogP contribution in [-0.2, 0) is 30.5 Å². The second-order valence-electron chi connectivity index (χ2n) is 6.75. The molecule has 0 aliphatic carbocycles. The lowest BCUT2D eigenvalue weighted by molar-refractivity contribution is -0.121. The summed E-state index contributed by atoms with van der Waals surface area (Å²) in [7, 11) is 1.65. The van der Waals surface area contributed by atoms with E-state index >= 15 is 0 Å². The van der Waals surface area contributed by atoms with Crippen molar-refractivity contribution in [2.75, 3.05) is 13.7 Å². The quantitative estimate of drug-likeness (QED) is 0.503. The number of carbonyl (C=O) groups is 1. The molecule has 152 valence electrons. The molecule has 0 spiro atoms. The maximum atomic E-state index is 12.0. The number of nitrogens with one attached hydrogen (secondary N) is 1. The Bertz CT molecular complexity index is 879. The van der Waals surface area contributed by atoms with Crippen molar-refractivity contribution < 1.29 is 13.9 Å². The molecular weight excluding hydrogens is 368 g/mol. The van der Waals surface area contributed by atoms with Crippen LogP contribution in [-0.4, -0.2) is 34.7 Å². The number of pyridine rings is 1. The monoisotopic (exact) mass is 394 g/mol. The van der Waals surface area contributed by atoms with Gasteiger partial charge < -0.3 is 14.5 Å². The number of carbonyl (C=O) groups excluding carboxylic acids is 1. The molecule has 0 unspecified atom stereocenters. The molecule has 0 atom stereocenters. The summed E-state index contributed by atoms with van der Waals surface area (Å²) in [6, 6.07) is 11.9. The highest BCUT2D eigenvalue weighted by atomic mass is 16.5. The van der Waals surface area contributed by atoms with Crippen LogP contribution in [0.25, 0.3) is 0 Å². The van der Waals surface area contributed by atoms with Crippen molar-refractivity contribution >= 4 is 5.91 Å². The van der Waals surface area contributed by atoms with Crippen molar-refractivity contribution in [2.24, 2.45) is 0 Å². The molecular formula is C22H26N4O3. The summed E-state index contributed by atoms with van der Waals surface area (Å²) in [4.78, 5) is 16.1. The van der Waals surface area contributed by atoms with Crippen molar-refractivity contribution in [3.63, 3.8) is 0 Å². The van der Waals surface area contributed by atoms with Crippen molar-refractivity contribution in [2.45, 2.75) is 38.5 Å². The lowest BCUT2D eigenvalue weighted by Gasteiger charge is -2.04. The highest BCUT2D eigenvalue weighted by molar-refractivity contribution is 5.75. The molecule has 0 radical (unpaired) electrons. The number of aromatic nitrogens is 3. The van der Waals surface area contributed by atoms with E-state index in [1.165, 1.54) is 11.1 Å². The van der Waals surface area contributed by atoms with Crippen molar-refractivity contribution in [3.05, 3.63) is 71.7 Å². The minimum Gasteiger partial charge on any atom is -0.497 e. The fourth-order valence-electron chi connectivity index (χ4n) is 2.91. The van der Waals surface area contributed by atoms with Crippen molar-refractivity contribution in [3.8, 4) is 5.75 Å². The molecule has 2 heterocycles. The van der Waals surface area contributed by atoms with Crippen LogP contribution >= 0.6 is 0 Å². The van der Waals surface area contributed by atoms with E-state index in [1.54, 1.807) is 13.3 Å². The molecule has 0 aliphatic rings. The van der Waals surface area contributed by atoms with Crippen LogP contribution in [0.3, 0.4) is 0 Å². The second kappa shape index (κ2) is 10.9. The first-order valence-corrected chi connectivity index (χ1v) is 9.83. The second-order valence-corrected chi connectivity index (χ2v) is 6.75. The Morgan fingerprint density at radius 1 is 1.00 bits per heavy atom. The number of ether oxygens (including phenoxy) is 1. The highest BCUT2D eigenvalue weighted by Gasteiger charge is 2.09. The van der Waals surface area contributed by atoms with Gasteiger partial charge in [-0.05, 0) is 48.6 Å². The van der Waals surface area contributed by atoms with Crippen LogP contribution in [0.4, 0.5) is 0 Å². The maximum absolute atomic E-state index is 12.0. The molecule has 0 bridgehead atoms. The molecule has 1 N–H and O–H groups in total. The van der Waals surface area contributed by atoms with Crippen LogP contribution in [0, 0.1) is 0 Å². The first-order valence-electron chi connectivity index (χ1n) is 9.83. The largest absolute Gasteiger partial charge is 0.497 e. The van der Waals surface area contributed by atoms with E-state index in [1.807, 2.05) is 42.6 Å². The van der Waals surface area contributed by atoms with E-state index in [0.29, 0.717) is 37.6 Å². The number of amides is 1. The lowest BCUT2D eigenvalue weighted by atomic mass is 10.1. The Kier molecular flexibility index (Phi) is 7.74. The molecule has 7 nitrogen and oxygen atoms in total. The minimum absolute atomic E-state index is 0.00540. The van der Waals surface area contributed by atoms with E-state index in [9.17, 15) is 4.79 Å². The van der Waals surface area contributed by atoms with E-state index in [-0.39, 0.29) is 5.91 Å². The van der Waals surface area contributed by atoms with E-state index in [4.69, 9.17) is 9.15 Å². The predicted octanol–water partition coefficient (Wildman–Crippen LogP) is 2.94. The molecule has 3 rings (SSSR count). The maximum Gasteiger partial charge on any atom is 0.220 e. The number of rotatable bonds is 11. The van der Waals surface area contributed by atoms with Crippen LogP contribution in [0.15, 0.2) is 53.2 Å². The predicted molar refractivity (Wildman–Crippen MR) is 109 cm³/mol. The Labute approximate surface area is 170 Å². The summed E-state index contributed by atoms with van der Waals surface area (Å²) in [5, 5.41) is 11.0. The third kappa shape index (κ3) is 7.03. The standard InChI is InChI=1S/C22H26N4O3/c1-28-19-9-6-17(7-10-19)8-12-21-25-26-22(29-21)13-11-20(27)24-15-3-5-18-4-2-14-23-16-18/h2,4,6-7,9-10,14,16H,3,5,8,11-13,15H2,1H3,(H,24,27). The van der Waals surface area contributed by atoms with Gasteiger partial charge in [-0.1, -0.05) is 18.2 Å². The molecule has 0 saturated heterocycles. The molecule has 1 amide bonds. The Morgan fingerprint density at radius 2 is 1.79 bits per heavy atom. The van der Waals surface area contributed by atoms with Crippen LogP contribution in [0.5, 0.6) is 5.75 Å². The Balaban J connectivity index is 1.32. The summed E-state index contributed by atoms with van der Waals surface area (Å²) in [6.45, 7) is 0.644. The van der Waals surface area contributed by atoms with Gasteiger partial charge in [-0.3, -0.25) is 9.78 Å². The van der Waals surface area contributed by atoms with Crippen LogP contribution in [0.2, 0.25) is 0 Å². The van der Waals surface area contributed by atoms with Gasteiger partial charge in [0, 0.05) is 38.2 Å². The van der Waals surface area contributed by atoms with Gasteiger partial charge in [0.2, 0.25) is 17.7 Å². The van der Waals surface area contributed by atoms with E-state index < -0.39 is 0 Å². The topological polar surface area (TPSA) is 90.1 Å². The number of hydrogen-bond donors (Lipinski definition) is 1. The lowest BCUT2D eigenvalue weighted by Crippen LogP contribution is -2.25.